The molecule has 0 aliphatic heterocycles. The molecule has 0 bridgehead atoms. The lowest BCUT2D eigenvalue weighted by atomic mass is 9.76. The zero-order valence-corrected chi connectivity index (χ0v) is 9.88. The predicted octanol–water partition coefficient (Wildman–Crippen LogP) is 2.94. The topological polar surface area (TPSA) is 41.8 Å². The molecule has 1 aromatic carbocycles. The van der Waals surface area contributed by atoms with E-state index in [-0.39, 0.29) is 11.0 Å². The van der Waals surface area contributed by atoms with Crippen LogP contribution in [0.4, 0.5) is 0 Å². The fourth-order valence-corrected chi connectivity index (χ4v) is 2.49. The van der Waals surface area contributed by atoms with Crippen LogP contribution in [0.1, 0.15) is 32.3 Å². The molecule has 0 saturated heterocycles. The van der Waals surface area contributed by atoms with Gasteiger partial charge in [0.1, 0.15) is 0 Å². The molecule has 1 heterocycles. The van der Waals surface area contributed by atoms with Crippen LogP contribution >= 0.6 is 0 Å². The zero-order chi connectivity index (χ0) is 11.4. The van der Waals surface area contributed by atoms with Crippen molar-refractivity contribution in [1.29, 1.82) is 0 Å². The van der Waals surface area contributed by atoms with E-state index in [1.165, 1.54) is 16.5 Å². The van der Waals surface area contributed by atoms with Crippen molar-refractivity contribution < 1.29 is 0 Å². The van der Waals surface area contributed by atoms with Crippen molar-refractivity contribution in [2.45, 2.75) is 37.6 Å². The van der Waals surface area contributed by atoms with Gasteiger partial charge in [-0.25, -0.2) is 0 Å². The number of benzene rings is 1. The molecule has 1 aromatic heterocycles. The average molecular weight is 214 g/mol. The van der Waals surface area contributed by atoms with Crippen LogP contribution in [0.25, 0.3) is 10.9 Å². The van der Waals surface area contributed by atoms with Crippen LogP contribution in [0, 0.1) is 0 Å². The van der Waals surface area contributed by atoms with E-state index in [1.54, 1.807) is 0 Å². The predicted molar refractivity (Wildman–Crippen MR) is 67.5 cm³/mol. The number of hydrogen-bond acceptors (Lipinski definition) is 1. The van der Waals surface area contributed by atoms with Crippen molar-refractivity contribution in [1.82, 2.24) is 4.98 Å². The maximum absolute atomic E-state index is 6.37. The molecular weight excluding hydrogens is 196 g/mol. The summed E-state index contributed by atoms with van der Waals surface area (Å²) in [4.78, 5) is 3.22. The summed E-state index contributed by atoms with van der Waals surface area (Å²) >= 11 is 0. The molecule has 0 radical (unpaired) electrons. The monoisotopic (exact) mass is 214 g/mol. The van der Waals surface area contributed by atoms with E-state index in [0.717, 1.165) is 12.8 Å². The van der Waals surface area contributed by atoms with Gasteiger partial charge >= 0.3 is 0 Å². The Morgan fingerprint density at radius 1 is 1.25 bits per heavy atom. The van der Waals surface area contributed by atoms with Crippen LogP contribution in [0.2, 0.25) is 0 Å². The Morgan fingerprint density at radius 3 is 2.69 bits per heavy atom. The number of H-pyrrole nitrogens is 1. The lowest BCUT2D eigenvalue weighted by molar-refractivity contribution is 0.391. The number of rotatable bonds is 2. The molecule has 1 saturated carbocycles. The summed E-state index contributed by atoms with van der Waals surface area (Å²) < 4.78 is 0. The molecule has 16 heavy (non-hydrogen) atoms. The number of nitrogens with two attached hydrogens (primary N) is 1. The molecular formula is C14H18N2. The van der Waals surface area contributed by atoms with Crippen LogP contribution in [0.3, 0.4) is 0 Å². The molecule has 2 nitrogen and oxygen atoms in total. The van der Waals surface area contributed by atoms with Crippen LogP contribution in [-0.4, -0.2) is 10.5 Å². The van der Waals surface area contributed by atoms with Crippen LogP contribution in [-0.2, 0) is 5.41 Å². The van der Waals surface area contributed by atoms with Crippen molar-refractivity contribution in [2.75, 3.05) is 0 Å². The standard InChI is InChI=1S/C14H18N2/c1-13(2,14(15)6-7-14)11-3-4-12-10(9-11)5-8-16-12/h3-5,8-9,16H,6-7,15H2,1-2H3. The van der Waals surface area contributed by atoms with Crippen LogP contribution in [0.15, 0.2) is 30.5 Å². The summed E-state index contributed by atoms with van der Waals surface area (Å²) in [5, 5.41) is 1.27. The minimum atomic E-state index is 0.0109. The van der Waals surface area contributed by atoms with E-state index in [2.05, 4.69) is 43.1 Å². The fraction of sp³-hybridized carbons (Fsp3) is 0.429. The first-order valence-electron chi connectivity index (χ1n) is 5.89. The number of fused-ring (bicyclic) bond motifs is 1. The highest BCUT2D eigenvalue weighted by atomic mass is 14.9. The third kappa shape index (κ3) is 1.23. The Labute approximate surface area is 95.8 Å². The second-order valence-electron chi connectivity index (χ2n) is 5.56. The van der Waals surface area contributed by atoms with Crippen molar-refractivity contribution in [3.8, 4) is 0 Å². The van der Waals surface area contributed by atoms with Crippen LogP contribution in [0.5, 0.6) is 0 Å². The molecule has 2 heteroatoms. The molecule has 0 amide bonds. The largest absolute Gasteiger partial charge is 0.361 e. The first kappa shape index (κ1) is 9.91. The molecule has 1 fully saturated rings. The lowest BCUT2D eigenvalue weighted by Crippen LogP contribution is -2.43. The van der Waals surface area contributed by atoms with E-state index < -0.39 is 0 Å². The average Bonchev–Trinajstić information content (AvgIpc) is 2.86. The molecule has 3 N–H and O–H groups in total. The smallest absolute Gasteiger partial charge is 0.0454 e. The van der Waals surface area contributed by atoms with E-state index in [4.69, 9.17) is 5.73 Å². The summed E-state index contributed by atoms with van der Waals surface area (Å²) in [7, 11) is 0. The summed E-state index contributed by atoms with van der Waals surface area (Å²) in [6.07, 6.45) is 4.27. The molecule has 2 aromatic rings. The second-order valence-corrected chi connectivity index (χ2v) is 5.56. The van der Waals surface area contributed by atoms with Gasteiger partial charge in [-0.15, -0.1) is 0 Å². The van der Waals surface area contributed by atoms with Gasteiger partial charge in [0, 0.05) is 22.7 Å². The van der Waals surface area contributed by atoms with Gasteiger partial charge in [0.05, 0.1) is 0 Å². The minimum Gasteiger partial charge on any atom is -0.361 e. The fourth-order valence-electron chi connectivity index (χ4n) is 2.49. The second kappa shape index (κ2) is 2.89. The quantitative estimate of drug-likeness (QED) is 0.793. The molecule has 3 rings (SSSR count). The number of nitrogens with one attached hydrogen (secondary N) is 1. The van der Waals surface area contributed by atoms with E-state index in [9.17, 15) is 0 Å². The van der Waals surface area contributed by atoms with Gasteiger partial charge in [-0.2, -0.15) is 0 Å². The Hall–Kier alpha value is -1.28. The molecule has 0 spiro atoms. The minimum absolute atomic E-state index is 0.0109. The number of aromatic nitrogens is 1. The lowest BCUT2D eigenvalue weighted by Gasteiger charge is -2.32. The van der Waals surface area contributed by atoms with E-state index in [1.807, 2.05) is 6.20 Å². The van der Waals surface area contributed by atoms with Gasteiger partial charge < -0.3 is 10.7 Å². The van der Waals surface area contributed by atoms with Crippen molar-refractivity contribution >= 4 is 10.9 Å². The normalized spacial score (nSPS) is 18.9. The SMILES string of the molecule is CC(C)(c1ccc2[nH]ccc2c1)C1(N)CC1. The highest BCUT2D eigenvalue weighted by molar-refractivity contribution is 5.80. The van der Waals surface area contributed by atoms with Crippen molar-refractivity contribution in [3.05, 3.63) is 36.0 Å². The highest BCUT2D eigenvalue weighted by Crippen LogP contribution is 2.49. The Kier molecular flexibility index (Phi) is 1.79. The molecule has 1 aliphatic rings. The molecule has 84 valence electrons. The molecule has 0 atom stereocenters. The van der Waals surface area contributed by atoms with Gasteiger partial charge in [-0.1, -0.05) is 19.9 Å². The van der Waals surface area contributed by atoms with Crippen molar-refractivity contribution in [2.24, 2.45) is 5.73 Å². The first-order valence-corrected chi connectivity index (χ1v) is 5.89. The zero-order valence-electron chi connectivity index (χ0n) is 9.88. The first-order chi connectivity index (χ1) is 7.53. The third-order valence-electron chi connectivity index (χ3n) is 4.31. The number of aromatic amines is 1. The molecule has 1 aliphatic carbocycles. The third-order valence-corrected chi connectivity index (χ3v) is 4.31. The van der Waals surface area contributed by atoms with E-state index in [0.29, 0.717) is 0 Å². The van der Waals surface area contributed by atoms with Gasteiger partial charge in [-0.3, -0.25) is 0 Å². The Bertz CT molecular complexity index is 532. The summed E-state index contributed by atoms with van der Waals surface area (Å²) in [5.74, 6) is 0. The van der Waals surface area contributed by atoms with Crippen molar-refractivity contribution in [3.63, 3.8) is 0 Å². The number of hydrogen-bond donors (Lipinski definition) is 2. The summed E-state index contributed by atoms with van der Waals surface area (Å²) in [5.41, 5.74) is 8.99. The summed E-state index contributed by atoms with van der Waals surface area (Å²) in [6.45, 7) is 4.52. The Morgan fingerprint density at radius 2 is 2.00 bits per heavy atom. The Balaban J connectivity index is 2.11. The van der Waals surface area contributed by atoms with Crippen LogP contribution < -0.4 is 5.73 Å². The summed E-state index contributed by atoms with van der Waals surface area (Å²) in [6, 6.07) is 8.73. The maximum Gasteiger partial charge on any atom is 0.0454 e. The maximum atomic E-state index is 6.37. The van der Waals surface area contributed by atoms with Gasteiger partial charge in [0.2, 0.25) is 0 Å². The van der Waals surface area contributed by atoms with Gasteiger partial charge in [-0.05, 0) is 42.0 Å². The molecule has 0 unspecified atom stereocenters. The van der Waals surface area contributed by atoms with Gasteiger partial charge in [0.25, 0.3) is 0 Å². The van der Waals surface area contributed by atoms with Gasteiger partial charge in [0.15, 0.2) is 0 Å². The van der Waals surface area contributed by atoms with E-state index >= 15 is 0 Å². The highest BCUT2D eigenvalue weighted by Gasteiger charge is 2.51.